The summed E-state index contributed by atoms with van der Waals surface area (Å²) >= 11 is 0. The van der Waals surface area contributed by atoms with Crippen molar-refractivity contribution in [1.82, 2.24) is 0 Å². The van der Waals surface area contributed by atoms with Crippen LogP contribution < -0.4 is 15.4 Å². The number of likely N-dealkylation sites (N-methyl/N-ethyl adjacent to an activating group) is 1. The molecule has 0 saturated heterocycles. The lowest BCUT2D eigenvalue weighted by Crippen LogP contribution is -2.42. The van der Waals surface area contributed by atoms with E-state index in [-0.39, 0.29) is 5.91 Å². The van der Waals surface area contributed by atoms with Crippen molar-refractivity contribution in [3.8, 4) is 5.75 Å². The lowest BCUT2D eigenvalue weighted by atomic mass is 10.2. The third-order valence-corrected chi connectivity index (χ3v) is 2.73. The van der Waals surface area contributed by atoms with Gasteiger partial charge in [0.1, 0.15) is 5.75 Å². The number of amides is 1. The van der Waals surface area contributed by atoms with Gasteiger partial charge in [0.05, 0.1) is 18.8 Å². The zero-order valence-corrected chi connectivity index (χ0v) is 11.1. The van der Waals surface area contributed by atoms with Crippen LogP contribution in [0, 0.1) is 0 Å². The summed E-state index contributed by atoms with van der Waals surface area (Å²) in [4.78, 5) is 13.6. The molecule has 0 aliphatic carbocycles. The average Bonchev–Trinajstić information content (AvgIpc) is 2.42. The summed E-state index contributed by atoms with van der Waals surface area (Å²) < 4.78 is 10.1. The molecule has 0 spiro atoms. The van der Waals surface area contributed by atoms with Crippen LogP contribution in [-0.2, 0) is 9.53 Å². The van der Waals surface area contributed by atoms with Gasteiger partial charge in [0.25, 0.3) is 0 Å². The van der Waals surface area contributed by atoms with Gasteiger partial charge in [0, 0.05) is 20.8 Å². The van der Waals surface area contributed by atoms with Gasteiger partial charge in [-0.2, -0.15) is 0 Å². The number of benzene rings is 1. The second-order valence-electron chi connectivity index (χ2n) is 3.96. The summed E-state index contributed by atoms with van der Waals surface area (Å²) in [6.07, 6.45) is 0.495. The highest BCUT2D eigenvalue weighted by Gasteiger charge is 2.20. The van der Waals surface area contributed by atoms with Crippen molar-refractivity contribution in [2.75, 3.05) is 32.8 Å². The minimum absolute atomic E-state index is 0.156. The molecule has 5 heteroatoms. The highest BCUT2D eigenvalue weighted by atomic mass is 16.5. The Bertz CT molecular complexity index is 396. The Kier molecular flexibility index (Phi) is 5.61. The number of hydrogen-bond donors (Lipinski definition) is 1. The van der Waals surface area contributed by atoms with Crippen molar-refractivity contribution in [3.63, 3.8) is 0 Å². The third-order valence-electron chi connectivity index (χ3n) is 2.73. The van der Waals surface area contributed by atoms with Gasteiger partial charge in [-0.05, 0) is 18.6 Å². The molecule has 100 valence electrons. The largest absolute Gasteiger partial charge is 0.495 e. The molecule has 0 radical (unpaired) electrons. The van der Waals surface area contributed by atoms with Gasteiger partial charge in [-0.3, -0.25) is 4.79 Å². The van der Waals surface area contributed by atoms with E-state index in [0.29, 0.717) is 24.5 Å². The first-order valence-corrected chi connectivity index (χ1v) is 5.77. The van der Waals surface area contributed by atoms with Crippen LogP contribution in [0.4, 0.5) is 5.69 Å². The Labute approximate surface area is 107 Å². The number of anilines is 1. The second kappa shape index (κ2) is 6.98. The number of ether oxygens (including phenoxy) is 2. The summed E-state index contributed by atoms with van der Waals surface area (Å²) in [5.41, 5.74) is 6.53. The summed E-state index contributed by atoms with van der Waals surface area (Å²) in [6, 6.07) is 6.76. The summed E-state index contributed by atoms with van der Waals surface area (Å²) in [5, 5.41) is 0. The zero-order valence-electron chi connectivity index (χ0n) is 11.1. The van der Waals surface area contributed by atoms with E-state index in [9.17, 15) is 4.79 Å². The number of carbonyl (C=O) groups is 1. The minimum atomic E-state index is -0.570. The maximum Gasteiger partial charge on any atom is 0.243 e. The van der Waals surface area contributed by atoms with Crippen molar-refractivity contribution < 1.29 is 14.3 Å². The fourth-order valence-corrected chi connectivity index (χ4v) is 1.64. The smallest absolute Gasteiger partial charge is 0.243 e. The average molecular weight is 252 g/mol. The Morgan fingerprint density at radius 2 is 2.06 bits per heavy atom. The molecular formula is C13H20N2O3. The second-order valence-corrected chi connectivity index (χ2v) is 3.96. The molecule has 0 fully saturated rings. The summed E-state index contributed by atoms with van der Waals surface area (Å²) in [7, 11) is 4.84. The van der Waals surface area contributed by atoms with Gasteiger partial charge in [-0.15, -0.1) is 0 Å². The Balaban J connectivity index is 2.79. The van der Waals surface area contributed by atoms with Crippen molar-refractivity contribution >= 4 is 11.6 Å². The first-order valence-electron chi connectivity index (χ1n) is 5.77. The molecule has 1 aromatic carbocycles. The topological polar surface area (TPSA) is 64.8 Å². The van der Waals surface area contributed by atoms with Crippen molar-refractivity contribution in [2.45, 2.75) is 12.5 Å². The van der Waals surface area contributed by atoms with E-state index in [4.69, 9.17) is 15.2 Å². The lowest BCUT2D eigenvalue weighted by Gasteiger charge is -2.23. The van der Waals surface area contributed by atoms with E-state index in [1.165, 1.54) is 4.90 Å². The minimum Gasteiger partial charge on any atom is -0.495 e. The fraction of sp³-hybridized carbons (Fsp3) is 0.462. The van der Waals surface area contributed by atoms with E-state index >= 15 is 0 Å². The van der Waals surface area contributed by atoms with Crippen LogP contribution >= 0.6 is 0 Å². The molecule has 0 bridgehead atoms. The predicted octanol–water partition coefficient (Wildman–Crippen LogP) is 1.02. The molecule has 1 amide bonds. The molecule has 18 heavy (non-hydrogen) atoms. The number of rotatable bonds is 6. The first kappa shape index (κ1) is 14.5. The van der Waals surface area contributed by atoms with Gasteiger partial charge in [-0.25, -0.2) is 0 Å². The van der Waals surface area contributed by atoms with Crippen molar-refractivity contribution in [1.29, 1.82) is 0 Å². The zero-order chi connectivity index (χ0) is 13.5. The van der Waals surface area contributed by atoms with E-state index < -0.39 is 6.04 Å². The van der Waals surface area contributed by atoms with Gasteiger partial charge in [0.15, 0.2) is 0 Å². The van der Waals surface area contributed by atoms with E-state index in [1.807, 2.05) is 18.2 Å². The number of hydrogen-bond acceptors (Lipinski definition) is 4. The third kappa shape index (κ3) is 3.45. The number of methoxy groups -OCH3 is 2. The molecular weight excluding hydrogens is 232 g/mol. The maximum atomic E-state index is 12.1. The van der Waals surface area contributed by atoms with Crippen LogP contribution in [0.25, 0.3) is 0 Å². The van der Waals surface area contributed by atoms with Gasteiger partial charge in [0.2, 0.25) is 5.91 Å². The van der Waals surface area contributed by atoms with Crippen LogP contribution in [0.2, 0.25) is 0 Å². The molecule has 0 aliphatic heterocycles. The molecule has 5 nitrogen and oxygen atoms in total. The normalized spacial score (nSPS) is 12.0. The molecule has 1 atom stereocenters. The fourth-order valence-electron chi connectivity index (χ4n) is 1.64. The molecule has 0 aromatic heterocycles. The molecule has 0 heterocycles. The molecule has 1 aromatic rings. The van der Waals surface area contributed by atoms with Crippen molar-refractivity contribution in [3.05, 3.63) is 24.3 Å². The monoisotopic (exact) mass is 252 g/mol. The first-order chi connectivity index (χ1) is 8.61. The summed E-state index contributed by atoms with van der Waals surface area (Å²) in [6.45, 7) is 0.465. The van der Waals surface area contributed by atoms with Crippen LogP contribution in [0.15, 0.2) is 24.3 Å². The standard InChI is InChI=1S/C13H20N2O3/c1-15(13(16)10(14)8-9-17-2)11-6-4-5-7-12(11)18-3/h4-7,10H,8-9,14H2,1-3H3. The highest BCUT2D eigenvalue weighted by Crippen LogP contribution is 2.26. The quantitative estimate of drug-likeness (QED) is 0.821. The lowest BCUT2D eigenvalue weighted by molar-refractivity contribution is -0.119. The number of nitrogens with zero attached hydrogens (tertiary/aromatic N) is 1. The van der Waals surface area contributed by atoms with Gasteiger partial charge >= 0.3 is 0 Å². The number of carbonyl (C=O) groups excluding carboxylic acids is 1. The number of nitrogens with two attached hydrogens (primary N) is 1. The van der Waals surface area contributed by atoms with Gasteiger partial charge in [-0.1, -0.05) is 12.1 Å². The van der Waals surface area contributed by atoms with Crippen LogP contribution in [0.5, 0.6) is 5.75 Å². The Hall–Kier alpha value is -1.59. The van der Waals surface area contributed by atoms with Gasteiger partial charge < -0.3 is 20.1 Å². The highest BCUT2D eigenvalue weighted by molar-refractivity contribution is 5.97. The molecule has 2 N–H and O–H groups in total. The number of para-hydroxylation sites is 2. The Morgan fingerprint density at radius 3 is 2.67 bits per heavy atom. The van der Waals surface area contributed by atoms with Crippen LogP contribution in [0.1, 0.15) is 6.42 Å². The van der Waals surface area contributed by atoms with E-state index in [2.05, 4.69) is 0 Å². The molecule has 0 aliphatic rings. The SMILES string of the molecule is COCCC(N)C(=O)N(C)c1ccccc1OC. The molecule has 1 unspecified atom stereocenters. The van der Waals surface area contributed by atoms with Crippen LogP contribution in [-0.4, -0.2) is 39.8 Å². The molecule has 0 saturated carbocycles. The molecule has 1 rings (SSSR count). The van der Waals surface area contributed by atoms with Crippen molar-refractivity contribution in [2.24, 2.45) is 5.73 Å². The Morgan fingerprint density at radius 1 is 1.39 bits per heavy atom. The van der Waals surface area contributed by atoms with E-state index in [0.717, 1.165) is 0 Å². The summed E-state index contributed by atoms with van der Waals surface area (Å²) in [5.74, 6) is 0.490. The van der Waals surface area contributed by atoms with E-state index in [1.54, 1.807) is 27.3 Å². The van der Waals surface area contributed by atoms with Crippen LogP contribution in [0.3, 0.4) is 0 Å². The predicted molar refractivity (Wildman–Crippen MR) is 70.9 cm³/mol. The maximum absolute atomic E-state index is 12.1.